The highest BCUT2D eigenvalue weighted by Gasteiger charge is 2.22. The summed E-state index contributed by atoms with van der Waals surface area (Å²) in [5.74, 6) is 0. The van der Waals surface area contributed by atoms with Gasteiger partial charge in [0.25, 0.3) is 0 Å². The number of para-hydroxylation sites is 1. The molecule has 0 spiro atoms. The van der Waals surface area contributed by atoms with Crippen molar-refractivity contribution in [3.63, 3.8) is 0 Å². The highest BCUT2D eigenvalue weighted by atomic mass is 79.9. The first-order chi connectivity index (χ1) is 10.7. The van der Waals surface area contributed by atoms with Crippen LogP contribution in [0, 0.1) is 0 Å². The van der Waals surface area contributed by atoms with Gasteiger partial charge in [-0.1, -0.05) is 46.3 Å². The van der Waals surface area contributed by atoms with E-state index >= 15 is 0 Å². The molecular formula is C16H16BrN3OS. The van der Waals surface area contributed by atoms with E-state index in [1.54, 1.807) is 0 Å². The van der Waals surface area contributed by atoms with Crippen LogP contribution in [0.1, 0.15) is 11.8 Å². The average Bonchev–Trinajstić information content (AvgIpc) is 2.56. The monoisotopic (exact) mass is 377 g/mol. The Morgan fingerprint density at radius 2 is 1.91 bits per heavy atom. The molecule has 22 heavy (non-hydrogen) atoms. The fraction of sp³-hybridized carbons (Fsp3) is 0.188. The summed E-state index contributed by atoms with van der Waals surface area (Å²) in [5, 5.41) is 5.78. The van der Waals surface area contributed by atoms with Gasteiger partial charge in [0.1, 0.15) is 0 Å². The van der Waals surface area contributed by atoms with Crippen LogP contribution < -0.4 is 10.7 Å². The van der Waals surface area contributed by atoms with Crippen molar-refractivity contribution in [2.75, 3.05) is 18.5 Å². The number of benzene rings is 2. The zero-order chi connectivity index (χ0) is 15.4. The summed E-state index contributed by atoms with van der Waals surface area (Å²) >= 11 is 8.91. The molecule has 2 aromatic carbocycles. The van der Waals surface area contributed by atoms with Crippen LogP contribution in [0.15, 0.2) is 59.1 Å². The number of nitrogens with one attached hydrogen (secondary N) is 2. The number of thiocarbonyl (C=S) groups is 1. The number of hydrogen-bond acceptors (Lipinski definition) is 3. The van der Waals surface area contributed by atoms with Gasteiger partial charge in [-0.25, -0.2) is 0 Å². The first kappa shape index (κ1) is 15.4. The Morgan fingerprint density at radius 1 is 1.18 bits per heavy atom. The predicted molar refractivity (Wildman–Crippen MR) is 95.3 cm³/mol. The fourth-order valence-corrected chi connectivity index (χ4v) is 2.71. The minimum Gasteiger partial charge on any atom is -0.356 e. The van der Waals surface area contributed by atoms with Crippen LogP contribution in [-0.4, -0.2) is 23.3 Å². The van der Waals surface area contributed by atoms with Gasteiger partial charge in [-0.2, -0.15) is 5.43 Å². The van der Waals surface area contributed by atoms with Crippen molar-refractivity contribution in [3.05, 3.63) is 64.6 Å². The largest absolute Gasteiger partial charge is 0.356 e. The highest BCUT2D eigenvalue weighted by molar-refractivity contribution is 9.10. The molecule has 0 saturated carbocycles. The van der Waals surface area contributed by atoms with Gasteiger partial charge in [0.05, 0.1) is 13.2 Å². The Hall–Kier alpha value is -1.47. The Morgan fingerprint density at radius 3 is 2.64 bits per heavy atom. The second-order valence-corrected chi connectivity index (χ2v) is 6.18. The molecule has 0 radical (unpaired) electrons. The van der Waals surface area contributed by atoms with E-state index in [1.165, 1.54) is 0 Å². The summed E-state index contributed by atoms with van der Waals surface area (Å²) < 4.78 is 6.83. The van der Waals surface area contributed by atoms with E-state index in [9.17, 15) is 0 Å². The lowest BCUT2D eigenvalue weighted by atomic mass is 10.2. The Labute approximate surface area is 143 Å². The molecule has 2 N–H and O–H groups in total. The standard InChI is InChI=1S/C16H16BrN3OS/c17-13-8-6-12(7-9-13)15-19-20(10-11-21-15)16(22)18-14-4-2-1-3-5-14/h1-9,15,19H,10-11H2,(H,18,22)/t15-/m0/s1. The van der Waals surface area contributed by atoms with Crippen molar-refractivity contribution in [2.24, 2.45) is 0 Å². The van der Waals surface area contributed by atoms with Gasteiger partial charge in [-0.3, -0.25) is 5.01 Å². The van der Waals surface area contributed by atoms with E-state index in [-0.39, 0.29) is 6.23 Å². The average molecular weight is 378 g/mol. The van der Waals surface area contributed by atoms with Crippen molar-refractivity contribution >= 4 is 38.9 Å². The summed E-state index contributed by atoms with van der Waals surface area (Å²) in [6.07, 6.45) is -0.197. The molecule has 114 valence electrons. The number of rotatable bonds is 2. The number of ether oxygens (including phenoxy) is 1. The molecule has 0 bridgehead atoms. The summed E-state index contributed by atoms with van der Waals surface area (Å²) in [4.78, 5) is 0. The third-order valence-electron chi connectivity index (χ3n) is 3.32. The van der Waals surface area contributed by atoms with Crippen LogP contribution in [0.3, 0.4) is 0 Å². The van der Waals surface area contributed by atoms with E-state index in [0.717, 1.165) is 15.7 Å². The molecule has 1 fully saturated rings. The molecule has 1 heterocycles. The van der Waals surface area contributed by atoms with Crippen LogP contribution in [0.4, 0.5) is 5.69 Å². The summed E-state index contributed by atoms with van der Waals surface area (Å²) in [7, 11) is 0. The molecular weight excluding hydrogens is 362 g/mol. The highest BCUT2D eigenvalue weighted by Crippen LogP contribution is 2.21. The summed E-state index contributed by atoms with van der Waals surface area (Å²) in [5.41, 5.74) is 5.34. The lowest BCUT2D eigenvalue weighted by molar-refractivity contribution is -0.0582. The second kappa shape index (κ2) is 7.19. The van der Waals surface area contributed by atoms with Crippen molar-refractivity contribution < 1.29 is 4.74 Å². The normalized spacial score (nSPS) is 18.0. The van der Waals surface area contributed by atoms with Crippen molar-refractivity contribution in [1.82, 2.24) is 10.4 Å². The number of anilines is 1. The number of hydrogen-bond donors (Lipinski definition) is 2. The third-order valence-corrected chi connectivity index (χ3v) is 4.17. The zero-order valence-corrected chi connectivity index (χ0v) is 14.2. The second-order valence-electron chi connectivity index (χ2n) is 4.88. The van der Waals surface area contributed by atoms with Crippen molar-refractivity contribution in [2.45, 2.75) is 6.23 Å². The van der Waals surface area contributed by atoms with Crippen LogP contribution in [0.5, 0.6) is 0 Å². The van der Waals surface area contributed by atoms with Gasteiger partial charge in [-0.05, 0) is 42.0 Å². The van der Waals surface area contributed by atoms with Gasteiger partial charge < -0.3 is 10.1 Å². The van der Waals surface area contributed by atoms with Crippen molar-refractivity contribution in [1.29, 1.82) is 0 Å². The number of halogens is 1. The maximum absolute atomic E-state index is 5.78. The van der Waals surface area contributed by atoms with Gasteiger partial charge in [0, 0.05) is 10.2 Å². The molecule has 4 nitrogen and oxygen atoms in total. The van der Waals surface area contributed by atoms with E-state index in [0.29, 0.717) is 18.3 Å². The van der Waals surface area contributed by atoms with Crippen LogP contribution in [-0.2, 0) is 4.74 Å². The Balaban J connectivity index is 1.65. The van der Waals surface area contributed by atoms with Crippen molar-refractivity contribution in [3.8, 4) is 0 Å². The Bertz CT molecular complexity index is 636. The molecule has 0 aliphatic carbocycles. The van der Waals surface area contributed by atoms with E-state index in [1.807, 2.05) is 59.6 Å². The molecule has 0 unspecified atom stereocenters. The summed E-state index contributed by atoms with van der Waals surface area (Å²) in [6.45, 7) is 1.32. The smallest absolute Gasteiger partial charge is 0.188 e. The summed E-state index contributed by atoms with van der Waals surface area (Å²) in [6, 6.07) is 17.9. The van der Waals surface area contributed by atoms with E-state index in [4.69, 9.17) is 17.0 Å². The zero-order valence-electron chi connectivity index (χ0n) is 11.8. The van der Waals surface area contributed by atoms with E-state index in [2.05, 4.69) is 26.7 Å². The number of hydrazine groups is 1. The molecule has 6 heteroatoms. The lowest BCUT2D eigenvalue weighted by Crippen LogP contribution is -2.52. The topological polar surface area (TPSA) is 36.5 Å². The SMILES string of the molecule is S=C(Nc1ccccc1)N1CCO[C@@H](c2ccc(Br)cc2)N1. The molecule has 1 atom stereocenters. The van der Waals surface area contributed by atoms with Crippen LogP contribution in [0.2, 0.25) is 0 Å². The van der Waals surface area contributed by atoms with Crippen LogP contribution in [0.25, 0.3) is 0 Å². The van der Waals surface area contributed by atoms with E-state index < -0.39 is 0 Å². The third kappa shape index (κ3) is 3.84. The van der Waals surface area contributed by atoms with Gasteiger partial charge >= 0.3 is 0 Å². The molecule has 1 aliphatic heterocycles. The molecule has 1 aliphatic rings. The first-order valence-electron chi connectivity index (χ1n) is 6.99. The Kier molecular flexibility index (Phi) is 5.04. The molecule has 1 saturated heterocycles. The van der Waals surface area contributed by atoms with Gasteiger partial charge in [0.2, 0.25) is 0 Å². The van der Waals surface area contributed by atoms with Crippen LogP contribution >= 0.6 is 28.1 Å². The van der Waals surface area contributed by atoms with Gasteiger partial charge in [0.15, 0.2) is 11.3 Å². The lowest BCUT2D eigenvalue weighted by Gasteiger charge is -2.35. The molecule has 0 amide bonds. The minimum atomic E-state index is -0.197. The molecule has 3 rings (SSSR count). The quantitative estimate of drug-likeness (QED) is 0.780. The molecule has 0 aromatic heterocycles. The molecule has 2 aromatic rings. The predicted octanol–water partition coefficient (Wildman–Crippen LogP) is 3.68. The van der Waals surface area contributed by atoms with Gasteiger partial charge in [-0.15, -0.1) is 0 Å². The first-order valence-corrected chi connectivity index (χ1v) is 8.19. The number of nitrogens with zero attached hydrogens (tertiary/aromatic N) is 1. The maximum atomic E-state index is 5.78. The maximum Gasteiger partial charge on any atom is 0.188 e. The fourth-order valence-electron chi connectivity index (χ4n) is 2.19. The minimum absolute atomic E-state index is 0.197.